The number of ether oxygens (including phenoxy) is 1. The zero-order valence-corrected chi connectivity index (χ0v) is 15.3. The minimum atomic E-state index is 0.770. The van der Waals surface area contributed by atoms with E-state index in [2.05, 4.69) is 80.6 Å². The minimum absolute atomic E-state index is 0.770. The number of hydrogen-bond acceptors (Lipinski definition) is 1. The summed E-state index contributed by atoms with van der Waals surface area (Å²) in [5.41, 5.74) is 2.58. The van der Waals surface area contributed by atoms with Crippen molar-refractivity contribution in [3.63, 3.8) is 0 Å². The largest absolute Gasteiger partial charge is 0.487 e. The fourth-order valence-electron chi connectivity index (χ4n) is 3.27. The number of likely N-dealkylation sites (N-methyl/N-ethyl adjacent to an activating group) is 1. The van der Waals surface area contributed by atoms with E-state index in [-0.39, 0.29) is 0 Å². The van der Waals surface area contributed by atoms with E-state index < -0.39 is 0 Å². The predicted octanol–water partition coefficient (Wildman–Crippen LogP) is 3.73. The van der Waals surface area contributed by atoms with E-state index in [1.54, 1.807) is 4.90 Å². The molecule has 1 N–H and O–H groups in total. The van der Waals surface area contributed by atoms with Crippen LogP contribution in [0.15, 0.2) is 66.7 Å². The fourth-order valence-corrected chi connectivity index (χ4v) is 3.27. The van der Waals surface area contributed by atoms with E-state index in [4.69, 9.17) is 4.74 Å². The van der Waals surface area contributed by atoms with Crippen molar-refractivity contribution in [2.24, 2.45) is 0 Å². The van der Waals surface area contributed by atoms with Crippen molar-refractivity contribution in [3.8, 4) is 5.75 Å². The second kappa shape index (κ2) is 8.68. The number of rotatable bonds is 8. The molecule has 0 unspecified atom stereocenters. The first kappa shape index (κ1) is 17.5. The van der Waals surface area contributed by atoms with Crippen LogP contribution < -0.4 is 9.64 Å². The molecule has 0 aliphatic heterocycles. The van der Waals surface area contributed by atoms with Crippen LogP contribution in [0.1, 0.15) is 25.0 Å². The summed E-state index contributed by atoms with van der Waals surface area (Å²) in [7, 11) is 0. The Morgan fingerprint density at radius 1 is 0.800 bits per heavy atom. The number of para-hydroxylation sites is 1. The third kappa shape index (κ3) is 4.61. The van der Waals surface area contributed by atoms with E-state index in [0.717, 1.165) is 38.4 Å². The van der Waals surface area contributed by atoms with Gasteiger partial charge in [-0.15, -0.1) is 0 Å². The van der Waals surface area contributed by atoms with Crippen molar-refractivity contribution >= 4 is 10.8 Å². The van der Waals surface area contributed by atoms with Gasteiger partial charge in [-0.1, -0.05) is 60.7 Å². The highest BCUT2D eigenvalue weighted by Gasteiger charge is 2.07. The number of benzene rings is 3. The molecule has 0 amide bonds. The molecule has 0 aromatic heterocycles. The average Bonchev–Trinajstić information content (AvgIpc) is 2.66. The van der Waals surface area contributed by atoms with Gasteiger partial charge in [-0.05, 0) is 41.8 Å². The molecule has 0 spiro atoms. The predicted molar refractivity (Wildman–Crippen MR) is 106 cm³/mol. The maximum atomic E-state index is 6.11. The molecule has 2 heteroatoms. The van der Waals surface area contributed by atoms with Gasteiger partial charge in [0.05, 0.1) is 13.1 Å². The van der Waals surface area contributed by atoms with Crippen LogP contribution in [0.4, 0.5) is 0 Å². The molecule has 0 saturated heterocycles. The second-order valence-electron chi connectivity index (χ2n) is 6.52. The van der Waals surface area contributed by atoms with Gasteiger partial charge in [0.15, 0.2) is 0 Å². The Kier molecular flexibility index (Phi) is 6.08. The number of nitrogens with one attached hydrogen (secondary N) is 1. The normalized spacial score (nSPS) is 11.2. The van der Waals surface area contributed by atoms with Crippen molar-refractivity contribution in [2.75, 3.05) is 26.2 Å². The average molecular weight is 334 g/mol. The molecule has 0 saturated carbocycles. The number of fused-ring (bicyclic) bond motifs is 1. The molecular weight excluding hydrogens is 306 g/mol. The van der Waals surface area contributed by atoms with Crippen molar-refractivity contribution < 1.29 is 9.64 Å². The fraction of sp³-hybridized carbons (Fsp3) is 0.304. The Balaban J connectivity index is 1.71. The Labute approximate surface area is 151 Å². The molecule has 3 aromatic carbocycles. The van der Waals surface area contributed by atoms with Gasteiger partial charge in [0.25, 0.3) is 0 Å². The molecule has 3 rings (SSSR count). The van der Waals surface area contributed by atoms with Crippen molar-refractivity contribution in [1.82, 2.24) is 0 Å². The maximum absolute atomic E-state index is 6.11. The summed E-state index contributed by atoms with van der Waals surface area (Å²) in [6.07, 6.45) is 0.902. The van der Waals surface area contributed by atoms with Crippen LogP contribution in [0.25, 0.3) is 10.8 Å². The van der Waals surface area contributed by atoms with Crippen LogP contribution in [0.5, 0.6) is 5.75 Å². The van der Waals surface area contributed by atoms with Crippen LogP contribution in [0.2, 0.25) is 0 Å². The van der Waals surface area contributed by atoms with Gasteiger partial charge in [0.1, 0.15) is 18.9 Å². The molecule has 0 aliphatic carbocycles. The molecule has 0 bridgehead atoms. The Morgan fingerprint density at radius 3 is 2.32 bits per heavy atom. The second-order valence-corrected chi connectivity index (χ2v) is 6.52. The molecule has 0 aliphatic rings. The van der Waals surface area contributed by atoms with Gasteiger partial charge >= 0.3 is 0 Å². The summed E-state index contributed by atoms with van der Waals surface area (Å²) in [5.74, 6) is 1.02. The lowest BCUT2D eigenvalue weighted by Crippen LogP contribution is -3.12. The lowest BCUT2D eigenvalue weighted by molar-refractivity contribution is -0.896. The quantitative estimate of drug-likeness (QED) is 0.663. The lowest BCUT2D eigenvalue weighted by atomic mass is 10.0. The van der Waals surface area contributed by atoms with Gasteiger partial charge < -0.3 is 9.64 Å². The zero-order chi connectivity index (χ0) is 17.5. The van der Waals surface area contributed by atoms with Crippen molar-refractivity contribution in [3.05, 3.63) is 77.9 Å². The Morgan fingerprint density at radius 2 is 1.52 bits per heavy atom. The molecule has 2 nitrogen and oxygen atoms in total. The number of hydrogen-bond donors (Lipinski definition) is 1. The molecular formula is C23H28NO+. The van der Waals surface area contributed by atoms with Crippen LogP contribution in [0.3, 0.4) is 0 Å². The third-order valence-electron chi connectivity index (χ3n) is 4.89. The summed E-state index contributed by atoms with van der Waals surface area (Å²) >= 11 is 0. The van der Waals surface area contributed by atoms with Crippen molar-refractivity contribution in [2.45, 2.75) is 20.3 Å². The Bertz CT molecular complexity index is 808. The molecule has 0 heterocycles. The van der Waals surface area contributed by atoms with Crippen molar-refractivity contribution in [1.29, 1.82) is 0 Å². The zero-order valence-electron chi connectivity index (χ0n) is 15.3. The van der Waals surface area contributed by atoms with Gasteiger partial charge in [0, 0.05) is 6.42 Å². The van der Waals surface area contributed by atoms with E-state index in [9.17, 15) is 0 Å². The van der Waals surface area contributed by atoms with E-state index in [0.29, 0.717) is 0 Å². The first-order valence-corrected chi connectivity index (χ1v) is 9.32. The highest BCUT2D eigenvalue weighted by atomic mass is 16.5. The van der Waals surface area contributed by atoms with Crippen LogP contribution in [-0.4, -0.2) is 26.2 Å². The highest BCUT2D eigenvalue weighted by Crippen LogP contribution is 2.23. The molecule has 0 atom stereocenters. The van der Waals surface area contributed by atoms with Gasteiger partial charge in [-0.25, -0.2) is 0 Å². The minimum Gasteiger partial charge on any atom is -0.487 e. The summed E-state index contributed by atoms with van der Waals surface area (Å²) in [6, 6.07) is 23.6. The molecule has 0 fully saturated rings. The smallest absolute Gasteiger partial charge is 0.137 e. The maximum Gasteiger partial charge on any atom is 0.137 e. The molecule has 25 heavy (non-hydrogen) atoms. The van der Waals surface area contributed by atoms with E-state index >= 15 is 0 Å². The summed E-state index contributed by atoms with van der Waals surface area (Å²) in [5, 5.41) is 2.58. The highest BCUT2D eigenvalue weighted by molar-refractivity contribution is 5.83. The van der Waals surface area contributed by atoms with E-state index in [1.165, 1.54) is 21.9 Å². The van der Waals surface area contributed by atoms with Crippen LogP contribution in [0, 0.1) is 0 Å². The van der Waals surface area contributed by atoms with Gasteiger partial charge in [-0.3, -0.25) is 0 Å². The summed E-state index contributed by atoms with van der Waals surface area (Å²) < 4.78 is 6.11. The topological polar surface area (TPSA) is 13.7 Å². The monoisotopic (exact) mass is 334 g/mol. The first-order chi connectivity index (χ1) is 12.3. The lowest BCUT2D eigenvalue weighted by Gasteiger charge is -2.17. The summed E-state index contributed by atoms with van der Waals surface area (Å²) in [6.45, 7) is 8.58. The SMILES string of the molecule is CC[NH+](CC)CCOc1ccccc1Cc1ccc2ccccc2c1. The standard InChI is InChI=1S/C23H27NO/c1-3-24(4-2)15-16-25-23-12-8-7-11-22(23)18-19-13-14-20-9-5-6-10-21(20)17-19/h5-14,17H,3-4,15-16,18H2,1-2H3/p+1. The molecule has 3 aromatic rings. The van der Waals surface area contributed by atoms with Gasteiger partial charge in [-0.2, -0.15) is 0 Å². The number of quaternary nitrogens is 1. The van der Waals surface area contributed by atoms with Crippen LogP contribution >= 0.6 is 0 Å². The Hall–Kier alpha value is -2.32. The van der Waals surface area contributed by atoms with Gasteiger partial charge in [0.2, 0.25) is 0 Å². The van der Waals surface area contributed by atoms with E-state index in [1.807, 2.05) is 0 Å². The molecule has 0 radical (unpaired) electrons. The van der Waals surface area contributed by atoms with Crippen LogP contribution in [-0.2, 0) is 6.42 Å². The third-order valence-corrected chi connectivity index (χ3v) is 4.89. The summed E-state index contributed by atoms with van der Waals surface area (Å²) in [4.78, 5) is 1.58. The first-order valence-electron chi connectivity index (χ1n) is 9.32. The molecule has 130 valence electrons.